The molecule has 0 spiro atoms. The topological polar surface area (TPSA) is 172 Å². The summed E-state index contributed by atoms with van der Waals surface area (Å²) in [6, 6.07) is 0. The second kappa shape index (κ2) is 17.8. The molecule has 0 aromatic carbocycles. The van der Waals surface area contributed by atoms with E-state index in [2.05, 4.69) is 19.9 Å². The zero-order valence-electron chi connectivity index (χ0n) is 12.5. The van der Waals surface area contributed by atoms with E-state index < -0.39 is 11.9 Å². The Bertz CT molecular complexity index is 443. The smallest absolute Gasteiger partial charge is 0.309 e. The van der Waals surface area contributed by atoms with Crippen molar-refractivity contribution in [1.82, 2.24) is 19.9 Å². The number of carboxylic acid groups (broad SMARTS) is 2. The third-order valence-corrected chi connectivity index (χ3v) is 1.77. The van der Waals surface area contributed by atoms with Crippen molar-refractivity contribution < 1.29 is 46.5 Å². The van der Waals surface area contributed by atoms with Gasteiger partial charge in [0.25, 0.3) is 0 Å². The van der Waals surface area contributed by atoms with E-state index in [1.54, 1.807) is 12.4 Å². The number of nitrogens with zero attached hydrogens (tertiary/aromatic N) is 2. The third-order valence-electron chi connectivity index (χ3n) is 1.77. The summed E-state index contributed by atoms with van der Waals surface area (Å²) in [6.07, 6.45) is 6.02. The number of imidazole rings is 2. The predicted molar refractivity (Wildman–Crippen MR) is 76.1 cm³/mol. The van der Waals surface area contributed by atoms with Gasteiger partial charge in [-0.25, -0.2) is 9.97 Å². The zero-order valence-corrected chi connectivity index (χ0v) is 13.5. The van der Waals surface area contributed by atoms with Gasteiger partial charge in [0.05, 0.1) is 36.9 Å². The quantitative estimate of drug-likeness (QED) is 0.380. The fourth-order valence-corrected chi connectivity index (χ4v) is 1.09. The molecule has 2 aromatic rings. The molecule has 11 heteroatoms. The Kier molecular flexibility index (Phi) is 19.9. The Balaban J connectivity index is -0.000000276. The fourth-order valence-electron chi connectivity index (χ4n) is 1.09. The maximum absolute atomic E-state index is 10.0. The normalized spacial score (nSPS) is 7.83. The Morgan fingerprint density at radius 1 is 0.870 bits per heavy atom. The van der Waals surface area contributed by atoms with Crippen molar-refractivity contribution in [3.8, 4) is 0 Å². The number of carbonyl (C=O) groups is 2. The van der Waals surface area contributed by atoms with Crippen LogP contribution in [0, 0.1) is 0 Å². The number of carboxylic acids is 2. The molecule has 0 saturated carbocycles. The van der Waals surface area contributed by atoms with Crippen molar-refractivity contribution in [2.45, 2.75) is 12.8 Å². The van der Waals surface area contributed by atoms with Gasteiger partial charge in [0, 0.05) is 43.1 Å². The number of rotatable bonds is 4. The van der Waals surface area contributed by atoms with Crippen LogP contribution in [0.2, 0.25) is 0 Å². The molecule has 2 rings (SSSR count). The molecule has 10 nitrogen and oxygen atoms in total. The average molecular weight is 375 g/mol. The van der Waals surface area contributed by atoms with Crippen molar-refractivity contribution in [3.05, 3.63) is 36.4 Å². The molecule has 0 aliphatic heterocycles. The fraction of sp³-hybridized carbons (Fsp3) is 0.333. The van der Waals surface area contributed by atoms with Gasteiger partial charge in [-0.15, -0.1) is 0 Å². The minimum Gasteiger partial charge on any atom is -0.481 e. The minimum absolute atomic E-state index is 0. The predicted octanol–water partition coefficient (Wildman–Crippen LogP) is -0.712. The number of aliphatic carboxylic acids is 2. The molecule has 0 bridgehead atoms. The molecule has 0 fully saturated rings. The largest absolute Gasteiger partial charge is 0.481 e. The van der Waals surface area contributed by atoms with Gasteiger partial charge in [-0.3, -0.25) is 9.59 Å². The zero-order chi connectivity index (χ0) is 17.4. The monoisotopic (exact) mass is 374 g/mol. The number of aliphatic hydroxyl groups excluding tert-OH is 2. The molecular formula is C12H20N4NiO6. The van der Waals surface area contributed by atoms with Crippen molar-refractivity contribution >= 4 is 11.9 Å². The van der Waals surface area contributed by atoms with E-state index in [0.29, 0.717) is 11.4 Å². The average Bonchev–Trinajstić information content (AvgIpc) is 3.17. The van der Waals surface area contributed by atoms with E-state index in [-0.39, 0.29) is 29.3 Å². The summed E-state index contributed by atoms with van der Waals surface area (Å²) in [4.78, 5) is 32.8. The molecule has 0 saturated heterocycles. The van der Waals surface area contributed by atoms with Gasteiger partial charge in [-0.1, -0.05) is 0 Å². The van der Waals surface area contributed by atoms with E-state index in [0.717, 1.165) is 14.2 Å². The van der Waals surface area contributed by atoms with Crippen LogP contribution in [0.3, 0.4) is 0 Å². The van der Waals surface area contributed by atoms with Crippen LogP contribution in [0.15, 0.2) is 25.0 Å². The molecule has 0 atom stereocenters. The van der Waals surface area contributed by atoms with Gasteiger partial charge in [-0.05, 0) is 0 Å². The molecule has 6 N–H and O–H groups in total. The summed E-state index contributed by atoms with van der Waals surface area (Å²) in [6.45, 7) is 0. The third kappa shape index (κ3) is 16.0. The van der Waals surface area contributed by atoms with Gasteiger partial charge in [0.15, 0.2) is 0 Å². The van der Waals surface area contributed by atoms with Crippen molar-refractivity contribution in [3.63, 3.8) is 0 Å². The summed E-state index contributed by atoms with van der Waals surface area (Å²) >= 11 is 0. The van der Waals surface area contributed by atoms with Crippen LogP contribution < -0.4 is 0 Å². The van der Waals surface area contributed by atoms with Crippen molar-refractivity contribution in [2.24, 2.45) is 0 Å². The van der Waals surface area contributed by atoms with Crippen LogP contribution in [0.5, 0.6) is 0 Å². The molecular weight excluding hydrogens is 355 g/mol. The maximum atomic E-state index is 10.0. The number of hydrogen-bond acceptors (Lipinski definition) is 6. The summed E-state index contributed by atoms with van der Waals surface area (Å²) in [7, 11) is 2.00. The molecule has 0 amide bonds. The summed E-state index contributed by atoms with van der Waals surface area (Å²) in [5.41, 5.74) is 1.12. The van der Waals surface area contributed by atoms with Crippen LogP contribution in [0.1, 0.15) is 11.4 Å². The van der Waals surface area contributed by atoms with Crippen LogP contribution in [-0.4, -0.2) is 66.5 Å². The first-order valence-corrected chi connectivity index (χ1v) is 5.86. The standard InChI is InChI=1S/2C5H6N2O2.2CH4O.Ni/c2*8-5(9)1-4-2-6-3-7-4;2*1-2;/h2*2-3H,1H2,(H,6,7)(H,8,9);2*2H,1H3;. The molecule has 0 aliphatic rings. The minimum atomic E-state index is -0.859. The SMILES string of the molecule is CO.CO.O=C(O)Cc1c[nH]cn1.O=C(O)Cc1c[nH]cn1.[Ni]. The van der Waals surface area contributed by atoms with Crippen LogP contribution in [0.4, 0.5) is 0 Å². The van der Waals surface area contributed by atoms with E-state index in [1.165, 1.54) is 12.7 Å². The number of aromatic amines is 2. The van der Waals surface area contributed by atoms with E-state index >= 15 is 0 Å². The summed E-state index contributed by atoms with van der Waals surface area (Å²) in [5, 5.41) is 30.5. The molecule has 2 aromatic heterocycles. The Morgan fingerprint density at radius 3 is 1.35 bits per heavy atom. The number of aliphatic hydroxyl groups is 2. The molecule has 23 heavy (non-hydrogen) atoms. The molecule has 2 heterocycles. The van der Waals surface area contributed by atoms with Crippen molar-refractivity contribution in [2.75, 3.05) is 14.2 Å². The van der Waals surface area contributed by atoms with E-state index in [4.69, 9.17) is 20.4 Å². The van der Waals surface area contributed by atoms with Gasteiger partial charge in [0.1, 0.15) is 0 Å². The van der Waals surface area contributed by atoms with Crippen LogP contribution >= 0.6 is 0 Å². The molecule has 134 valence electrons. The number of H-pyrrole nitrogens is 2. The maximum Gasteiger partial charge on any atom is 0.309 e. The van der Waals surface area contributed by atoms with Gasteiger partial charge in [0.2, 0.25) is 0 Å². The van der Waals surface area contributed by atoms with Gasteiger partial charge >= 0.3 is 11.9 Å². The summed E-state index contributed by atoms with van der Waals surface area (Å²) < 4.78 is 0. The van der Waals surface area contributed by atoms with Crippen molar-refractivity contribution in [1.29, 1.82) is 0 Å². The van der Waals surface area contributed by atoms with E-state index in [9.17, 15) is 9.59 Å². The molecule has 0 unspecified atom stereocenters. The Labute approximate surface area is 142 Å². The number of aromatic nitrogens is 4. The Hall–Kier alpha value is -2.23. The second-order valence-electron chi connectivity index (χ2n) is 3.26. The van der Waals surface area contributed by atoms with Gasteiger partial charge in [-0.2, -0.15) is 0 Å². The second-order valence-corrected chi connectivity index (χ2v) is 3.26. The first kappa shape index (κ1) is 25.7. The molecule has 0 radical (unpaired) electrons. The summed E-state index contributed by atoms with van der Waals surface area (Å²) in [5.74, 6) is -1.72. The first-order chi connectivity index (χ1) is 10.6. The molecule has 0 aliphatic carbocycles. The van der Waals surface area contributed by atoms with Crippen LogP contribution in [0.25, 0.3) is 0 Å². The van der Waals surface area contributed by atoms with Gasteiger partial charge < -0.3 is 30.4 Å². The first-order valence-electron chi connectivity index (χ1n) is 5.86. The van der Waals surface area contributed by atoms with Crippen LogP contribution in [-0.2, 0) is 38.9 Å². The number of nitrogens with one attached hydrogen (secondary N) is 2. The number of hydrogen-bond donors (Lipinski definition) is 6. The Morgan fingerprint density at radius 2 is 1.17 bits per heavy atom. The van der Waals surface area contributed by atoms with E-state index in [1.807, 2.05) is 0 Å².